The molecule has 3 heteroatoms. The molecule has 1 heterocycles. The van der Waals surface area contributed by atoms with Crippen LogP contribution in [0, 0.1) is 6.92 Å². The summed E-state index contributed by atoms with van der Waals surface area (Å²) in [5.74, 6) is 1.77. The SMILES string of the molecule is Cc1ccccc1COc1ccc(CNc2ccccn2)cc1. The van der Waals surface area contributed by atoms with Crippen LogP contribution in [0.2, 0.25) is 0 Å². The van der Waals surface area contributed by atoms with Crippen LogP contribution in [0.15, 0.2) is 72.9 Å². The highest BCUT2D eigenvalue weighted by atomic mass is 16.5. The number of rotatable bonds is 6. The second-order valence-electron chi connectivity index (χ2n) is 5.43. The van der Waals surface area contributed by atoms with Gasteiger partial charge in [0.2, 0.25) is 0 Å². The normalized spacial score (nSPS) is 10.3. The number of ether oxygens (including phenoxy) is 1. The molecule has 0 spiro atoms. The first-order valence-corrected chi connectivity index (χ1v) is 7.72. The number of aryl methyl sites for hydroxylation is 1. The topological polar surface area (TPSA) is 34.1 Å². The molecule has 0 aliphatic heterocycles. The predicted octanol–water partition coefficient (Wildman–Crippen LogP) is 4.58. The van der Waals surface area contributed by atoms with E-state index in [2.05, 4.69) is 41.5 Å². The van der Waals surface area contributed by atoms with Gasteiger partial charge in [0.1, 0.15) is 18.2 Å². The molecule has 0 saturated carbocycles. The molecule has 0 unspecified atom stereocenters. The number of pyridine rings is 1. The minimum atomic E-state index is 0.595. The van der Waals surface area contributed by atoms with Crippen molar-refractivity contribution in [2.45, 2.75) is 20.1 Å². The van der Waals surface area contributed by atoms with Gasteiger partial charge in [0, 0.05) is 12.7 Å². The van der Waals surface area contributed by atoms with Gasteiger partial charge in [-0.15, -0.1) is 0 Å². The number of nitrogens with zero attached hydrogens (tertiary/aromatic N) is 1. The fourth-order valence-corrected chi connectivity index (χ4v) is 2.30. The minimum absolute atomic E-state index is 0.595. The molecule has 1 aromatic heterocycles. The van der Waals surface area contributed by atoms with Crippen molar-refractivity contribution in [3.63, 3.8) is 0 Å². The monoisotopic (exact) mass is 304 g/mol. The molecular weight excluding hydrogens is 284 g/mol. The highest BCUT2D eigenvalue weighted by Gasteiger charge is 2.00. The first kappa shape index (κ1) is 15.1. The standard InChI is InChI=1S/C20H20N2O/c1-16-6-2-3-7-18(16)15-23-19-11-9-17(10-12-19)14-22-20-8-4-5-13-21-20/h2-13H,14-15H2,1H3,(H,21,22). The highest BCUT2D eigenvalue weighted by molar-refractivity contribution is 5.36. The molecule has 0 fully saturated rings. The lowest BCUT2D eigenvalue weighted by molar-refractivity contribution is 0.305. The third-order valence-electron chi connectivity index (χ3n) is 3.72. The number of hydrogen-bond acceptors (Lipinski definition) is 3. The molecular formula is C20H20N2O. The second-order valence-corrected chi connectivity index (χ2v) is 5.43. The van der Waals surface area contributed by atoms with E-state index in [1.807, 2.05) is 42.5 Å². The maximum Gasteiger partial charge on any atom is 0.126 e. The molecule has 0 aliphatic rings. The lowest BCUT2D eigenvalue weighted by Crippen LogP contribution is -2.01. The van der Waals surface area contributed by atoms with E-state index in [1.165, 1.54) is 16.7 Å². The van der Waals surface area contributed by atoms with Crippen molar-refractivity contribution in [2.24, 2.45) is 0 Å². The van der Waals surface area contributed by atoms with Crippen LogP contribution < -0.4 is 10.1 Å². The third kappa shape index (κ3) is 4.33. The van der Waals surface area contributed by atoms with Gasteiger partial charge in [0.05, 0.1) is 0 Å². The van der Waals surface area contributed by atoms with Gasteiger partial charge in [-0.05, 0) is 47.9 Å². The summed E-state index contributed by atoms with van der Waals surface area (Å²) in [6, 6.07) is 22.3. The van der Waals surface area contributed by atoms with E-state index in [0.29, 0.717) is 6.61 Å². The molecule has 0 amide bonds. The smallest absolute Gasteiger partial charge is 0.126 e. The van der Waals surface area contributed by atoms with Gasteiger partial charge in [0.25, 0.3) is 0 Å². The van der Waals surface area contributed by atoms with Crippen molar-refractivity contribution in [3.8, 4) is 5.75 Å². The molecule has 0 atom stereocenters. The fourth-order valence-electron chi connectivity index (χ4n) is 2.30. The molecule has 23 heavy (non-hydrogen) atoms. The van der Waals surface area contributed by atoms with E-state index < -0.39 is 0 Å². The molecule has 116 valence electrons. The van der Waals surface area contributed by atoms with Gasteiger partial charge >= 0.3 is 0 Å². The quantitative estimate of drug-likeness (QED) is 0.723. The molecule has 3 aromatic rings. The van der Waals surface area contributed by atoms with Gasteiger partial charge in [0.15, 0.2) is 0 Å². The van der Waals surface area contributed by atoms with Gasteiger partial charge in [-0.3, -0.25) is 0 Å². The average molecular weight is 304 g/mol. The summed E-state index contributed by atoms with van der Waals surface area (Å²) in [7, 11) is 0. The van der Waals surface area contributed by atoms with Crippen LogP contribution in [-0.4, -0.2) is 4.98 Å². The summed E-state index contributed by atoms with van der Waals surface area (Å²) >= 11 is 0. The van der Waals surface area contributed by atoms with E-state index in [1.54, 1.807) is 6.20 Å². The Labute approximate surface area is 137 Å². The maximum absolute atomic E-state index is 5.86. The number of hydrogen-bond donors (Lipinski definition) is 1. The molecule has 1 N–H and O–H groups in total. The number of anilines is 1. The lowest BCUT2D eigenvalue weighted by atomic mass is 10.1. The first-order valence-electron chi connectivity index (χ1n) is 7.72. The molecule has 0 bridgehead atoms. The van der Waals surface area contributed by atoms with Crippen LogP contribution >= 0.6 is 0 Å². The molecule has 3 nitrogen and oxygen atoms in total. The summed E-state index contributed by atoms with van der Waals surface area (Å²) in [5.41, 5.74) is 3.66. The Morgan fingerprint density at radius 2 is 1.70 bits per heavy atom. The van der Waals surface area contributed by atoms with Crippen LogP contribution in [0.5, 0.6) is 5.75 Å². The highest BCUT2D eigenvalue weighted by Crippen LogP contribution is 2.16. The van der Waals surface area contributed by atoms with Crippen molar-refractivity contribution in [1.29, 1.82) is 0 Å². The van der Waals surface area contributed by atoms with Crippen LogP contribution in [0.3, 0.4) is 0 Å². The third-order valence-corrected chi connectivity index (χ3v) is 3.72. The summed E-state index contributed by atoms with van der Waals surface area (Å²) < 4.78 is 5.86. The molecule has 0 aliphatic carbocycles. The minimum Gasteiger partial charge on any atom is -0.489 e. The first-order chi connectivity index (χ1) is 11.3. The zero-order chi connectivity index (χ0) is 15.9. The number of aromatic nitrogens is 1. The Kier molecular flexibility index (Phi) is 4.89. The summed E-state index contributed by atoms with van der Waals surface area (Å²) in [5, 5.41) is 3.29. The Hall–Kier alpha value is -2.81. The van der Waals surface area contributed by atoms with Crippen molar-refractivity contribution in [1.82, 2.24) is 4.98 Å². The lowest BCUT2D eigenvalue weighted by Gasteiger charge is -2.10. The summed E-state index contributed by atoms with van der Waals surface area (Å²) in [6.07, 6.45) is 1.78. The Morgan fingerprint density at radius 3 is 2.43 bits per heavy atom. The number of benzene rings is 2. The Bertz CT molecular complexity index is 739. The molecule has 0 saturated heterocycles. The molecule has 0 radical (unpaired) electrons. The van der Waals surface area contributed by atoms with E-state index >= 15 is 0 Å². The van der Waals surface area contributed by atoms with E-state index in [0.717, 1.165) is 18.1 Å². The molecule has 2 aromatic carbocycles. The zero-order valence-electron chi connectivity index (χ0n) is 13.2. The van der Waals surface area contributed by atoms with E-state index in [4.69, 9.17) is 4.74 Å². The molecule has 3 rings (SSSR count). The number of nitrogens with one attached hydrogen (secondary N) is 1. The van der Waals surface area contributed by atoms with Crippen molar-refractivity contribution >= 4 is 5.82 Å². The Balaban J connectivity index is 1.54. The maximum atomic E-state index is 5.86. The van der Waals surface area contributed by atoms with Crippen molar-refractivity contribution in [2.75, 3.05) is 5.32 Å². The zero-order valence-corrected chi connectivity index (χ0v) is 13.2. The summed E-state index contributed by atoms with van der Waals surface area (Å²) in [4.78, 5) is 4.25. The van der Waals surface area contributed by atoms with Crippen molar-refractivity contribution in [3.05, 3.63) is 89.6 Å². The van der Waals surface area contributed by atoms with Crippen molar-refractivity contribution < 1.29 is 4.74 Å². The predicted molar refractivity (Wildman–Crippen MR) is 93.5 cm³/mol. The second kappa shape index (κ2) is 7.45. The largest absolute Gasteiger partial charge is 0.489 e. The van der Waals surface area contributed by atoms with Crippen LogP contribution in [0.1, 0.15) is 16.7 Å². The van der Waals surface area contributed by atoms with Gasteiger partial charge in [-0.2, -0.15) is 0 Å². The van der Waals surface area contributed by atoms with Crippen LogP contribution in [0.25, 0.3) is 0 Å². The average Bonchev–Trinajstić information content (AvgIpc) is 2.61. The van der Waals surface area contributed by atoms with Crippen LogP contribution in [-0.2, 0) is 13.2 Å². The van der Waals surface area contributed by atoms with Gasteiger partial charge in [-0.1, -0.05) is 42.5 Å². The summed E-state index contributed by atoms with van der Waals surface area (Å²) in [6.45, 7) is 3.44. The van der Waals surface area contributed by atoms with E-state index in [9.17, 15) is 0 Å². The fraction of sp³-hybridized carbons (Fsp3) is 0.150. The van der Waals surface area contributed by atoms with Gasteiger partial charge in [-0.25, -0.2) is 4.98 Å². The van der Waals surface area contributed by atoms with E-state index in [-0.39, 0.29) is 0 Å². The van der Waals surface area contributed by atoms with Crippen LogP contribution in [0.4, 0.5) is 5.82 Å². The Morgan fingerprint density at radius 1 is 0.913 bits per heavy atom. The van der Waals surface area contributed by atoms with Gasteiger partial charge < -0.3 is 10.1 Å².